The van der Waals surface area contributed by atoms with Gasteiger partial charge in [-0.25, -0.2) is 0 Å². The second-order valence-electron chi connectivity index (χ2n) is 7.61. The van der Waals surface area contributed by atoms with Gasteiger partial charge in [0.2, 0.25) is 5.56 Å². The van der Waals surface area contributed by atoms with E-state index in [1.54, 1.807) is 11.0 Å². The highest BCUT2D eigenvalue weighted by molar-refractivity contribution is 5.93. The zero-order chi connectivity index (χ0) is 19.2. The van der Waals surface area contributed by atoms with Gasteiger partial charge in [-0.2, -0.15) is 0 Å². The number of hydrogen-bond donors (Lipinski definition) is 1. The summed E-state index contributed by atoms with van der Waals surface area (Å²) < 4.78 is 0. The molecule has 1 aromatic carbocycles. The van der Waals surface area contributed by atoms with Gasteiger partial charge in [-0.1, -0.05) is 24.3 Å². The normalized spacial score (nSPS) is 17.6. The molecule has 1 atom stereocenters. The molecular formula is C22H29N3O2. The fourth-order valence-electron chi connectivity index (χ4n) is 3.91. The van der Waals surface area contributed by atoms with Gasteiger partial charge in [-0.15, -0.1) is 0 Å². The number of carbonyl (C=O) groups excluding carboxylic acids is 1. The molecule has 1 amide bonds. The Labute approximate surface area is 161 Å². The van der Waals surface area contributed by atoms with Gasteiger partial charge in [0.15, 0.2) is 0 Å². The zero-order valence-corrected chi connectivity index (χ0v) is 16.3. The average Bonchev–Trinajstić information content (AvgIpc) is 2.68. The van der Waals surface area contributed by atoms with Crippen molar-refractivity contribution in [2.45, 2.75) is 26.2 Å². The van der Waals surface area contributed by atoms with Crippen LogP contribution in [0.15, 0.2) is 47.4 Å². The number of rotatable bonds is 6. The van der Waals surface area contributed by atoms with Crippen LogP contribution in [0.3, 0.4) is 0 Å². The van der Waals surface area contributed by atoms with Crippen LogP contribution in [0.25, 0.3) is 0 Å². The van der Waals surface area contributed by atoms with Crippen molar-refractivity contribution >= 4 is 5.91 Å². The number of carbonyl (C=O) groups is 1. The summed E-state index contributed by atoms with van der Waals surface area (Å²) in [5, 5.41) is 0. The van der Waals surface area contributed by atoms with Gasteiger partial charge in [0.1, 0.15) is 0 Å². The van der Waals surface area contributed by atoms with Gasteiger partial charge in [-0.3, -0.25) is 9.59 Å². The lowest BCUT2D eigenvalue weighted by Gasteiger charge is -2.34. The van der Waals surface area contributed by atoms with Gasteiger partial charge in [0.05, 0.1) is 5.56 Å². The highest BCUT2D eigenvalue weighted by Crippen LogP contribution is 2.19. The molecule has 0 bridgehead atoms. The topological polar surface area (TPSA) is 56.4 Å². The van der Waals surface area contributed by atoms with Gasteiger partial charge in [0.25, 0.3) is 5.91 Å². The predicted molar refractivity (Wildman–Crippen MR) is 108 cm³/mol. The molecule has 3 rings (SSSR count). The average molecular weight is 367 g/mol. The van der Waals surface area contributed by atoms with Crippen molar-refractivity contribution < 1.29 is 4.79 Å². The molecule has 1 aromatic heterocycles. The molecule has 0 aliphatic carbocycles. The van der Waals surface area contributed by atoms with Crippen molar-refractivity contribution in [3.63, 3.8) is 0 Å². The van der Waals surface area contributed by atoms with E-state index in [-0.39, 0.29) is 11.5 Å². The maximum atomic E-state index is 12.5. The minimum Gasteiger partial charge on any atom is -0.341 e. The Morgan fingerprint density at radius 3 is 2.81 bits per heavy atom. The summed E-state index contributed by atoms with van der Waals surface area (Å²) >= 11 is 0. The maximum absolute atomic E-state index is 12.5. The molecular weight excluding hydrogens is 338 g/mol. The summed E-state index contributed by atoms with van der Waals surface area (Å²) in [4.78, 5) is 30.6. The van der Waals surface area contributed by atoms with Crippen LogP contribution in [-0.2, 0) is 6.42 Å². The van der Waals surface area contributed by atoms with Crippen molar-refractivity contribution in [1.82, 2.24) is 14.8 Å². The van der Waals surface area contributed by atoms with Crippen LogP contribution < -0.4 is 5.56 Å². The third kappa shape index (κ3) is 5.30. The van der Waals surface area contributed by atoms with Gasteiger partial charge >= 0.3 is 0 Å². The molecule has 0 radical (unpaired) electrons. The molecule has 1 fully saturated rings. The number of pyridine rings is 1. The fraction of sp³-hybridized carbons (Fsp3) is 0.455. The summed E-state index contributed by atoms with van der Waals surface area (Å²) in [5.41, 5.74) is 3.12. The van der Waals surface area contributed by atoms with Crippen molar-refractivity contribution in [1.29, 1.82) is 0 Å². The molecule has 1 N–H and O–H groups in total. The quantitative estimate of drug-likeness (QED) is 0.854. The smallest absolute Gasteiger partial charge is 0.255 e. The summed E-state index contributed by atoms with van der Waals surface area (Å²) in [6.45, 7) is 6.17. The first-order valence-corrected chi connectivity index (χ1v) is 9.74. The monoisotopic (exact) mass is 367 g/mol. The number of aromatic amines is 1. The first-order valence-electron chi connectivity index (χ1n) is 9.74. The second-order valence-corrected chi connectivity index (χ2v) is 7.61. The van der Waals surface area contributed by atoms with Crippen LogP contribution in [0.4, 0.5) is 0 Å². The lowest BCUT2D eigenvalue weighted by molar-refractivity contribution is 0.0730. The van der Waals surface area contributed by atoms with Crippen LogP contribution in [0.1, 0.15) is 34.3 Å². The van der Waals surface area contributed by atoms with Crippen LogP contribution in [-0.4, -0.2) is 53.9 Å². The fourth-order valence-corrected chi connectivity index (χ4v) is 3.91. The summed E-state index contributed by atoms with van der Waals surface area (Å²) in [6.07, 6.45) is 4.91. The highest BCUT2D eigenvalue weighted by atomic mass is 16.2. The number of aryl methyl sites for hydroxylation is 1. The van der Waals surface area contributed by atoms with E-state index in [2.05, 4.69) is 41.1 Å². The number of nitrogens with one attached hydrogen (secondary N) is 1. The van der Waals surface area contributed by atoms with E-state index in [0.29, 0.717) is 11.5 Å². The minimum atomic E-state index is -0.189. The molecule has 144 valence electrons. The summed E-state index contributed by atoms with van der Waals surface area (Å²) in [7, 11) is 1.85. The molecule has 1 saturated heterocycles. The molecule has 1 aliphatic rings. The number of nitrogens with zero attached hydrogens (tertiary/aromatic N) is 2. The molecule has 1 aliphatic heterocycles. The third-order valence-corrected chi connectivity index (χ3v) is 5.47. The van der Waals surface area contributed by atoms with E-state index in [1.165, 1.54) is 29.8 Å². The van der Waals surface area contributed by atoms with E-state index in [1.807, 2.05) is 7.05 Å². The molecule has 0 unspecified atom stereocenters. The first-order chi connectivity index (χ1) is 13.0. The van der Waals surface area contributed by atoms with Gasteiger partial charge in [0, 0.05) is 38.9 Å². The van der Waals surface area contributed by atoms with E-state index in [9.17, 15) is 9.59 Å². The van der Waals surface area contributed by atoms with Gasteiger partial charge < -0.3 is 14.8 Å². The number of likely N-dealkylation sites (tertiary alicyclic amines) is 1. The highest BCUT2D eigenvalue weighted by Gasteiger charge is 2.23. The lowest BCUT2D eigenvalue weighted by Crippen LogP contribution is -2.42. The zero-order valence-electron chi connectivity index (χ0n) is 16.3. The minimum absolute atomic E-state index is 0.0386. The second kappa shape index (κ2) is 9.00. The van der Waals surface area contributed by atoms with Crippen LogP contribution in [0.5, 0.6) is 0 Å². The predicted octanol–water partition coefficient (Wildman–Crippen LogP) is 2.71. The van der Waals surface area contributed by atoms with E-state index >= 15 is 0 Å². The number of amides is 1. The van der Waals surface area contributed by atoms with E-state index < -0.39 is 0 Å². The number of H-pyrrole nitrogens is 1. The van der Waals surface area contributed by atoms with Crippen molar-refractivity contribution in [3.05, 3.63) is 69.6 Å². The molecule has 5 nitrogen and oxygen atoms in total. The Bertz CT molecular complexity index is 810. The molecule has 0 spiro atoms. The van der Waals surface area contributed by atoms with Crippen molar-refractivity contribution in [3.8, 4) is 0 Å². The Hall–Kier alpha value is -2.40. The molecule has 2 heterocycles. The lowest BCUT2D eigenvalue weighted by atomic mass is 9.96. The van der Waals surface area contributed by atoms with E-state index in [0.717, 1.165) is 39.0 Å². The summed E-state index contributed by atoms with van der Waals surface area (Å²) in [5.74, 6) is 0.454. The van der Waals surface area contributed by atoms with Gasteiger partial charge in [-0.05, 0) is 55.8 Å². The summed E-state index contributed by atoms with van der Waals surface area (Å²) in [6, 6.07) is 11.6. The van der Waals surface area contributed by atoms with Crippen LogP contribution in [0.2, 0.25) is 0 Å². The third-order valence-electron chi connectivity index (χ3n) is 5.47. The Balaban J connectivity index is 1.51. The number of aromatic nitrogens is 1. The molecule has 0 saturated carbocycles. The standard InChI is InChI=1S/C22H29N3O2/c1-17-6-3-4-8-19(17)11-13-25-12-5-7-18(16-25)15-24(2)22(27)20-9-10-21(26)23-14-20/h3-4,6,8-10,14,18H,5,7,11-13,15-16H2,1-2H3,(H,23,26)/t18-/m1/s1. The molecule has 27 heavy (non-hydrogen) atoms. The SMILES string of the molecule is Cc1ccccc1CCN1CCC[C@H](CN(C)C(=O)c2ccc(=O)[nH]c2)C1. The number of hydrogen-bond acceptors (Lipinski definition) is 3. The first kappa shape index (κ1) is 19.4. The van der Waals surface area contributed by atoms with Crippen LogP contribution in [0, 0.1) is 12.8 Å². The van der Waals surface area contributed by atoms with Crippen LogP contribution >= 0.6 is 0 Å². The molecule has 2 aromatic rings. The largest absolute Gasteiger partial charge is 0.341 e. The Morgan fingerprint density at radius 1 is 1.26 bits per heavy atom. The molecule has 5 heteroatoms. The van der Waals surface area contributed by atoms with Crippen molar-refractivity contribution in [2.75, 3.05) is 33.2 Å². The van der Waals surface area contributed by atoms with Crippen molar-refractivity contribution in [2.24, 2.45) is 5.92 Å². The Kier molecular flexibility index (Phi) is 6.45. The van der Waals surface area contributed by atoms with E-state index in [4.69, 9.17) is 0 Å². The number of benzene rings is 1. The number of piperidine rings is 1. The maximum Gasteiger partial charge on any atom is 0.255 e. The Morgan fingerprint density at radius 2 is 2.07 bits per heavy atom.